The normalized spacial score (nSPS) is 16.3. The van der Waals surface area contributed by atoms with Crippen LogP contribution in [0.2, 0.25) is 0 Å². The van der Waals surface area contributed by atoms with Crippen molar-refractivity contribution in [2.75, 3.05) is 43.0 Å². The Morgan fingerprint density at radius 2 is 1.83 bits per heavy atom. The summed E-state index contributed by atoms with van der Waals surface area (Å²) in [5, 5.41) is 3.25. The molecular weight excluding hydrogens is 376 g/mol. The molecular formula is C22H23F2N3O2. The molecule has 0 unspecified atom stereocenters. The van der Waals surface area contributed by atoms with Crippen LogP contribution in [0.4, 0.5) is 20.2 Å². The molecule has 0 aromatic heterocycles. The van der Waals surface area contributed by atoms with Crippen molar-refractivity contribution >= 4 is 17.3 Å². The maximum atomic E-state index is 13.4. The molecule has 0 aliphatic carbocycles. The second-order valence-electron chi connectivity index (χ2n) is 7.30. The van der Waals surface area contributed by atoms with Crippen molar-refractivity contribution in [1.82, 2.24) is 4.90 Å². The second kappa shape index (κ2) is 8.11. The molecule has 0 bridgehead atoms. The van der Waals surface area contributed by atoms with E-state index in [2.05, 4.69) is 11.9 Å². The zero-order chi connectivity index (χ0) is 20.4. The van der Waals surface area contributed by atoms with Crippen molar-refractivity contribution in [3.63, 3.8) is 0 Å². The van der Waals surface area contributed by atoms with Crippen LogP contribution in [-0.4, -0.2) is 43.6 Å². The number of amides is 1. The van der Waals surface area contributed by atoms with E-state index in [0.717, 1.165) is 30.3 Å². The Morgan fingerprint density at radius 3 is 2.59 bits per heavy atom. The minimum absolute atomic E-state index is 0.0368. The van der Waals surface area contributed by atoms with Crippen LogP contribution in [0.5, 0.6) is 5.75 Å². The summed E-state index contributed by atoms with van der Waals surface area (Å²) in [5.74, 6) is -1.18. The molecule has 1 fully saturated rings. The average Bonchev–Trinajstić information content (AvgIpc) is 2.73. The van der Waals surface area contributed by atoms with E-state index in [1.54, 1.807) is 11.0 Å². The molecule has 1 N–H and O–H groups in total. The molecule has 29 heavy (non-hydrogen) atoms. The summed E-state index contributed by atoms with van der Waals surface area (Å²) in [6.07, 6.45) is 1.87. The Morgan fingerprint density at radius 1 is 1.03 bits per heavy atom. The van der Waals surface area contributed by atoms with E-state index >= 15 is 0 Å². The van der Waals surface area contributed by atoms with Crippen LogP contribution in [-0.2, 0) is 11.2 Å². The van der Waals surface area contributed by atoms with Gasteiger partial charge in [-0.05, 0) is 36.6 Å². The number of aryl methyl sites for hydroxylation is 1. The van der Waals surface area contributed by atoms with Gasteiger partial charge in [0.2, 0.25) is 0 Å². The van der Waals surface area contributed by atoms with E-state index < -0.39 is 11.6 Å². The van der Waals surface area contributed by atoms with Crippen molar-refractivity contribution in [3.05, 3.63) is 65.9 Å². The molecule has 1 amide bonds. The van der Waals surface area contributed by atoms with Crippen LogP contribution in [0.25, 0.3) is 0 Å². The van der Waals surface area contributed by atoms with Gasteiger partial charge < -0.3 is 19.9 Å². The fourth-order valence-electron chi connectivity index (χ4n) is 3.65. The third kappa shape index (κ3) is 4.34. The quantitative estimate of drug-likeness (QED) is 0.854. The highest BCUT2D eigenvalue weighted by molar-refractivity contribution is 5.78. The van der Waals surface area contributed by atoms with E-state index in [0.29, 0.717) is 37.6 Å². The molecule has 4 rings (SSSR count). The SMILES string of the molecule is C=C1CCc2ccc(OCC(=O)N3CCN(c4ccc(F)c(F)c4)CC3)cc2N1. The van der Waals surface area contributed by atoms with Crippen molar-refractivity contribution in [1.29, 1.82) is 0 Å². The lowest BCUT2D eigenvalue weighted by atomic mass is 10.0. The first-order chi connectivity index (χ1) is 14.0. The topological polar surface area (TPSA) is 44.8 Å². The van der Waals surface area contributed by atoms with Crippen molar-refractivity contribution < 1.29 is 18.3 Å². The number of piperazine rings is 1. The lowest BCUT2D eigenvalue weighted by Crippen LogP contribution is -2.50. The number of hydrogen-bond donors (Lipinski definition) is 1. The number of carbonyl (C=O) groups excluding carboxylic acids is 1. The van der Waals surface area contributed by atoms with E-state index in [1.807, 2.05) is 23.1 Å². The number of halogens is 2. The van der Waals surface area contributed by atoms with Gasteiger partial charge in [0.25, 0.3) is 5.91 Å². The maximum Gasteiger partial charge on any atom is 0.260 e. The Balaban J connectivity index is 1.29. The van der Waals surface area contributed by atoms with Gasteiger partial charge in [0, 0.05) is 55.4 Å². The van der Waals surface area contributed by atoms with Crippen LogP contribution in [0.1, 0.15) is 12.0 Å². The summed E-state index contributed by atoms with van der Waals surface area (Å²) in [6, 6.07) is 9.65. The molecule has 152 valence electrons. The molecule has 2 aromatic rings. The largest absolute Gasteiger partial charge is 0.484 e. The number of ether oxygens (including phenoxy) is 1. The van der Waals surface area contributed by atoms with Crippen molar-refractivity contribution in [2.45, 2.75) is 12.8 Å². The molecule has 2 aromatic carbocycles. The van der Waals surface area contributed by atoms with Gasteiger partial charge in [-0.1, -0.05) is 12.6 Å². The summed E-state index contributed by atoms with van der Waals surface area (Å²) < 4.78 is 32.2. The van der Waals surface area contributed by atoms with Gasteiger partial charge in [0.1, 0.15) is 5.75 Å². The highest BCUT2D eigenvalue weighted by Gasteiger charge is 2.22. The van der Waals surface area contributed by atoms with Crippen molar-refractivity contribution in [2.24, 2.45) is 0 Å². The molecule has 2 aliphatic heterocycles. The number of carbonyl (C=O) groups is 1. The summed E-state index contributed by atoms with van der Waals surface area (Å²) in [4.78, 5) is 16.2. The molecule has 2 aliphatic rings. The summed E-state index contributed by atoms with van der Waals surface area (Å²) in [6.45, 7) is 6.05. The smallest absolute Gasteiger partial charge is 0.260 e. The molecule has 7 heteroatoms. The van der Waals surface area contributed by atoms with Gasteiger partial charge in [-0.2, -0.15) is 0 Å². The number of nitrogens with one attached hydrogen (secondary N) is 1. The first-order valence-electron chi connectivity index (χ1n) is 9.68. The van der Waals surface area contributed by atoms with E-state index in [4.69, 9.17) is 4.74 Å². The van der Waals surface area contributed by atoms with Crippen LogP contribution in [0, 0.1) is 11.6 Å². The molecule has 0 saturated carbocycles. The molecule has 0 spiro atoms. The molecule has 5 nitrogen and oxygen atoms in total. The molecule has 0 atom stereocenters. The predicted octanol–water partition coefficient (Wildman–Crippen LogP) is 3.56. The van der Waals surface area contributed by atoms with Crippen LogP contribution in [0.15, 0.2) is 48.7 Å². The monoisotopic (exact) mass is 399 g/mol. The standard InChI is InChI=1S/C22H23F2N3O2/c1-15-2-3-16-4-6-18(13-21(16)25-15)29-14-22(28)27-10-8-26(9-11-27)17-5-7-19(23)20(24)12-17/h4-7,12-13,25H,1-3,8-11,14H2. The Hall–Kier alpha value is -3.09. The summed E-state index contributed by atoms with van der Waals surface area (Å²) in [5.41, 5.74) is 3.79. The van der Waals surface area contributed by atoms with Crippen LogP contribution >= 0.6 is 0 Å². The minimum atomic E-state index is -0.863. The lowest BCUT2D eigenvalue weighted by Gasteiger charge is -2.36. The fourth-order valence-corrected chi connectivity index (χ4v) is 3.65. The third-order valence-electron chi connectivity index (χ3n) is 5.35. The van der Waals surface area contributed by atoms with Gasteiger partial charge >= 0.3 is 0 Å². The average molecular weight is 399 g/mol. The Bertz CT molecular complexity index is 940. The zero-order valence-corrected chi connectivity index (χ0v) is 16.1. The molecule has 1 saturated heterocycles. The molecule has 2 heterocycles. The summed E-state index contributed by atoms with van der Waals surface area (Å²) >= 11 is 0. The number of benzene rings is 2. The number of anilines is 2. The van der Waals surface area contributed by atoms with Crippen LogP contribution in [0.3, 0.4) is 0 Å². The van der Waals surface area contributed by atoms with E-state index in [1.165, 1.54) is 11.6 Å². The lowest BCUT2D eigenvalue weighted by molar-refractivity contribution is -0.133. The first kappa shape index (κ1) is 19.2. The predicted molar refractivity (Wildman–Crippen MR) is 108 cm³/mol. The Kier molecular flexibility index (Phi) is 5.38. The van der Waals surface area contributed by atoms with Gasteiger partial charge in [-0.25, -0.2) is 8.78 Å². The fraction of sp³-hybridized carbons (Fsp3) is 0.318. The molecule has 0 radical (unpaired) electrons. The second-order valence-corrected chi connectivity index (χ2v) is 7.30. The van der Waals surface area contributed by atoms with Gasteiger partial charge in [-0.3, -0.25) is 4.79 Å². The van der Waals surface area contributed by atoms with Gasteiger partial charge in [0.05, 0.1) is 0 Å². The van der Waals surface area contributed by atoms with Gasteiger partial charge in [-0.15, -0.1) is 0 Å². The van der Waals surface area contributed by atoms with E-state index in [-0.39, 0.29) is 12.5 Å². The third-order valence-corrected chi connectivity index (χ3v) is 5.35. The minimum Gasteiger partial charge on any atom is -0.484 e. The van der Waals surface area contributed by atoms with E-state index in [9.17, 15) is 13.6 Å². The number of fused-ring (bicyclic) bond motifs is 1. The highest BCUT2D eigenvalue weighted by atomic mass is 19.2. The number of rotatable bonds is 4. The Labute approximate surface area is 168 Å². The summed E-state index contributed by atoms with van der Waals surface area (Å²) in [7, 11) is 0. The zero-order valence-electron chi connectivity index (χ0n) is 16.1. The maximum absolute atomic E-state index is 13.4. The first-order valence-corrected chi connectivity index (χ1v) is 9.68. The number of hydrogen-bond acceptors (Lipinski definition) is 4. The van der Waals surface area contributed by atoms with Gasteiger partial charge in [0.15, 0.2) is 18.2 Å². The van der Waals surface area contributed by atoms with Crippen LogP contribution < -0.4 is 15.0 Å². The number of nitrogens with zero attached hydrogens (tertiary/aromatic N) is 2. The highest BCUT2D eigenvalue weighted by Crippen LogP contribution is 2.29. The number of allylic oxidation sites excluding steroid dienone is 1. The van der Waals surface area contributed by atoms with Crippen molar-refractivity contribution in [3.8, 4) is 5.75 Å².